The van der Waals surface area contributed by atoms with Crippen LogP contribution in [-0.2, 0) is 4.74 Å². The molecule has 1 aliphatic rings. The average Bonchev–Trinajstić information content (AvgIpc) is 2.07. The van der Waals surface area contributed by atoms with Crippen molar-refractivity contribution in [2.45, 2.75) is 32.8 Å². The van der Waals surface area contributed by atoms with E-state index in [9.17, 15) is 0 Å². The Labute approximate surface area is 75.7 Å². The molecule has 1 rings (SSSR count). The minimum atomic E-state index is 0.465. The highest BCUT2D eigenvalue weighted by molar-refractivity contribution is 4.77. The van der Waals surface area contributed by atoms with Gasteiger partial charge < -0.3 is 10.1 Å². The summed E-state index contributed by atoms with van der Waals surface area (Å²) in [5.41, 5.74) is 0. The molecular weight excluding hydrogens is 150 g/mol. The maximum Gasteiger partial charge on any atom is 0.0623 e. The van der Waals surface area contributed by atoms with Crippen LogP contribution in [0.25, 0.3) is 0 Å². The van der Waals surface area contributed by atoms with E-state index in [1.165, 1.54) is 12.8 Å². The normalized spacial score (nSPS) is 23.0. The number of nitrogens with one attached hydrogen (secondary N) is 1. The highest BCUT2D eigenvalue weighted by Crippen LogP contribution is 2.23. The van der Waals surface area contributed by atoms with Gasteiger partial charge in [-0.05, 0) is 37.8 Å². The average molecular weight is 171 g/mol. The lowest BCUT2D eigenvalue weighted by Crippen LogP contribution is -2.37. The largest absolute Gasteiger partial charge is 0.381 e. The topological polar surface area (TPSA) is 21.3 Å². The standard InChI is InChI=1S/C10H21NO/c1-8(2)10(12-3)9-4-6-11-7-5-9/h8-11H,4-7H2,1-3H3. The number of rotatable bonds is 3. The van der Waals surface area contributed by atoms with Gasteiger partial charge in [0.1, 0.15) is 0 Å². The first kappa shape index (κ1) is 10.0. The highest BCUT2D eigenvalue weighted by Gasteiger charge is 2.25. The van der Waals surface area contributed by atoms with Crippen molar-refractivity contribution in [1.82, 2.24) is 5.32 Å². The molecule has 0 aromatic carbocycles. The van der Waals surface area contributed by atoms with Crippen LogP contribution in [-0.4, -0.2) is 26.3 Å². The van der Waals surface area contributed by atoms with Crippen molar-refractivity contribution in [1.29, 1.82) is 0 Å². The van der Waals surface area contributed by atoms with Crippen LogP contribution in [0.4, 0.5) is 0 Å². The van der Waals surface area contributed by atoms with Crippen molar-refractivity contribution >= 4 is 0 Å². The summed E-state index contributed by atoms with van der Waals surface area (Å²) in [4.78, 5) is 0. The number of methoxy groups -OCH3 is 1. The third-order valence-corrected chi connectivity index (χ3v) is 2.78. The second-order valence-electron chi connectivity index (χ2n) is 4.03. The molecule has 1 saturated heterocycles. The maximum absolute atomic E-state index is 5.52. The SMILES string of the molecule is COC(C(C)C)C1CCNCC1. The second-order valence-corrected chi connectivity index (χ2v) is 4.03. The molecule has 72 valence electrons. The van der Waals surface area contributed by atoms with E-state index in [2.05, 4.69) is 19.2 Å². The van der Waals surface area contributed by atoms with E-state index in [0.29, 0.717) is 12.0 Å². The molecule has 1 unspecified atom stereocenters. The predicted molar refractivity (Wildman–Crippen MR) is 51.2 cm³/mol. The lowest BCUT2D eigenvalue weighted by molar-refractivity contribution is 0.00640. The number of hydrogen-bond donors (Lipinski definition) is 1. The Kier molecular flexibility index (Phi) is 4.02. The van der Waals surface area contributed by atoms with Crippen molar-refractivity contribution in [3.8, 4) is 0 Å². The van der Waals surface area contributed by atoms with Gasteiger partial charge in [-0.25, -0.2) is 0 Å². The summed E-state index contributed by atoms with van der Waals surface area (Å²) >= 11 is 0. The summed E-state index contributed by atoms with van der Waals surface area (Å²) in [5.74, 6) is 1.43. The molecule has 0 aliphatic carbocycles. The first-order valence-corrected chi connectivity index (χ1v) is 4.99. The van der Waals surface area contributed by atoms with E-state index in [4.69, 9.17) is 4.74 Å². The molecule has 1 fully saturated rings. The number of ether oxygens (including phenoxy) is 1. The zero-order valence-electron chi connectivity index (χ0n) is 8.47. The second kappa shape index (κ2) is 4.83. The van der Waals surface area contributed by atoms with Gasteiger partial charge in [-0.15, -0.1) is 0 Å². The molecule has 1 N–H and O–H groups in total. The molecule has 1 atom stereocenters. The summed E-state index contributed by atoms with van der Waals surface area (Å²) in [6.07, 6.45) is 3.01. The van der Waals surface area contributed by atoms with Gasteiger partial charge in [-0.3, -0.25) is 0 Å². The Morgan fingerprint density at radius 1 is 1.25 bits per heavy atom. The molecule has 0 spiro atoms. The summed E-state index contributed by atoms with van der Waals surface area (Å²) in [5, 5.41) is 3.38. The van der Waals surface area contributed by atoms with E-state index < -0.39 is 0 Å². The van der Waals surface area contributed by atoms with Crippen LogP contribution in [0.1, 0.15) is 26.7 Å². The van der Waals surface area contributed by atoms with Crippen molar-refractivity contribution < 1.29 is 4.74 Å². The molecular formula is C10H21NO. The number of hydrogen-bond acceptors (Lipinski definition) is 2. The molecule has 12 heavy (non-hydrogen) atoms. The quantitative estimate of drug-likeness (QED) is 0.697. The lowest BCUT2D eigenvalue weighted by Gasteiger charge is -2.32. The number of piperidine rings is 1. The molecule has 0 amide bonds. The molecule has 2 heteroatoms. The van der Waals surface area contributed by atoms with Crippen LogP contribution in [0.5, 0.6) is 0 Å². The molecule has 0 aromatic rings. The van der Waals surface area contributed by atoms with Crippen molar-refractivity contribution in [3.63, 3.8) is 0 Å². The monoisotopic (exact) mass is 171 g/mol. The highest BCUT2D eigenvalue weighted by atomic mass is 16.5. The van der Waals surface area contributed by atoms with Crippen LogP contribution < -0.4 is 5.32 Å². The Balaban J connectivity index is 2.40. The fourth-order valence-electron chi connectivity index (χ4n) is 2.18. The van der Waals surface area contributed by atoms with E-state index in [1.807, 2.05) is 7.11 Å². The van der Waals surface area contributed by atoms with Gasteiger partial charge >= 0.3 is 0 Å². The van der Waals surface area contributed by atoms with Gasteiger partial charge in [0, 0.05) is 7.11 Å². The van der Waals surface area contributed by atoms with Gasteiger partial charge in [0.05, 0.1) is 6.10 Å². The first-order valence-electron chi connectivity index (χ1n) is 4.99. The molecule has 2 nitrogen and oxygen atoms in total. The van der Waals surface area contributed by atoms with E-state index in [1.54, 1.807) is 0 Å². The van der Waals surface area contributed by atoms with Crippen molar-refractivity contribution in [3.05, 3.63) is 0 Å². The smallest absolute Gasteiger partial charge is 0.0623 e. The predicted octanol–water partition coefficient (Wildman–Crippen LogP) is 1.66. The minimum Gasteiger partial charge on any atom is -0.381 e. The van der Waals surface area contributed by atoms with Crippen molar-refractivity contribution in [2.24, 2.45) is 11.8 Å². The zero-order valence-corrected chi connectivity index (χ0v) is 8.47. The fraction of sp³-hybridized carbons (Fsp3) is 1.00. The third-order valence-electron chi connectivity index (χ3n) is 2.78. The molecule has 0 saturated carbocycles. The molecule has 1 aliphatic heterocycles. The van der Waals surface area contributed by atoms with E-state index in [-0.39, 0.29) is 0 Å². The Morgan fingerprint density at radius 3 is 2.25 bits per heavy atom. The molecule has 0 aromatic heterocycles. The van der Waals surface area contributed by atoms with Crippen LogP contribution in [0.3, 0.4) is 0 Å². The summed E-state index contributed by atoms with van der Waals surface area (Å²) in [6, 6.07) is 0. The lowest BCUT2D eigenvalue weighted by atomic mass is 9.86. The first-order chi connectivity index (χ1) is 5.75. The van der Waals surface area contributed by atoms with Gasteiger partial charge in [0.25, 0.3) is 0 Å². The maximum atomic E-state index is 5.52. The summed E-state index contributed by atoms with van der Waals surface area (Å²) in [7, 11) is 1.84. The Morgan fingerprint density at radius 2 is 1.83 bits per heavy atom. The van der Waals surface area contributed by atoms with Crippen LogP contribution in [0, 0.1) is 11.8 Å². The third kappa shape index (κ3) is 2.46. The zero-order chi connectivity index (χ0) is 8.97. The molecule has 0 radical (unpaired) electrons. The van der Waals surface area contributed by atoms with E-state index >= 15 is 0 Å². The fourth-order valence-corrected chi connectivity index (χ4v) is 2.18. The van der Waals surface area contributed by atoms with Gasteiger partial charge in [-0.2, -0.15) is 0 Å². The minimum absolute atomic E-state index is 0.465. The summed E-state index contributed by atoms with van der Waals surface area (Å²) < 4.78 is 5.52. The van der Waals surface area contributed by atoms with Gasteiger partial charge in [0.15, 0.2) is 0 Å². The Bertz CT molecular complexity index is 119. The van der Waals surface area contributed by atoms with Crippen LogP contribution >= 0.6 is 0 Å². The van der Waals surface area contributed by atoms with Gasteiger partial charge in [-0.1, -0.05) is 13.8 Å². The van der Waals surface area contributed by atoms with Gasteiger partial charge in [0.2, 0.25) is 0 Å². The molecule has 0 bridgehead atoms. The van der Waals surface area contributed by atoms with Crippen molar-refractivity contribution in [2.75, 3.05) is 20.2 Å². The van der Waals surface area contributed by atoms with E-state index in [0.717, 1.165) is 19.0 Å². The Hall–Kier alpha value is -0.0800. The summed E-state index contributed by atoms with van der Waals surface area (Å²) in [6.45, 7) is 6.82. The molecule has 1 heterocycles. The van der Waals surface area contributed by atoms with Crippen LogP contribution in [0.15, 0.2) is 0 Å². The van der Waals surface area contributed by atoms with Crippen LogP contribution in [0.2, 0.25) is 0 Å².